The van der Waals surface area contributed by atoms with Crippen molar-refractivity contribution in [1.29, 1.82) is 0 Å². The molecule has 0 spiro atoms. The van der Waals surface area contributed by atoms with Crippen molar-refractivity contribution in [1.82, 2.24) is 14.9 Å². The SMILES string of the molecule is CB(Cl)n1nnc2ccccc21. The average molecular weight is 179 g/mol. The van der Waals surface area contributed by atoms with Crippen LogP contribution < -0.4 is 0 Å². The molecule has 0 bridgehead atoms. The minimum atomic E-state index is -0.155. The number of rotatable bonds is 1. The number of nitrogens with zero attached hydrogens (tertiary/aromatic N) is 3. The number of para-hydroxylation sites is 1. The Bertz CT molecular complexity index is 398. The highest BCUT2D eigenvalue weighted by molar-refractivity contribution is 7.05. The van der Waals surface area contributed by atoms with Crippen molar-refractivity contribution in [2.45, 2.75) is 6.82 Å². The summed E-state index contributed by atoms with van der Waals surface area (Å²) in [6, 6.07) is 7.74. The summed E-state index contributed by atoms with van der Waals surface area (Å²) in [6.45, 7) is 1.86. The maximum Gasteiger partial charge on any atom is 0.383 e. The summed E-state index contributed by atoms with van der Waals surface area (Å²) < 4.78 is 1.69. The second kappa shape index (κ2) is 2.79. The minimum absolute atomic E-state index is 0.155. The fourth-order valence-electron chi connectivity index (χ4n) is 1.15. The van der Waals surface area contributed by atoms with Crippen LogP contribution in [0.1, 0.15) is 0 Å². The largest absolute Gasteiger partial charge is 0.383 e. The van der Waals surface area contributed by atoms with Gasteiger partial charge in [0.05, 0.1) is 5.52 Å². The molecule has 1 heterocycles. The van der Waals surface area contributed by atoms with E-state index < -0.39 is 0 Å². The van der Waals surface area contributed by atoms with Gasteiger partial charge in [-0.25, -0.2) is 0 Å². The van der Waals surface area contributed by atoms with Gasteiger partial charge in [-0.1, -0.05) is 17.3 Å². The van der Waals surface area contributed by atoms with Crippen LogP contribution in [0, 0.1) is 0 Å². The number of fused-ring (bicyclic) bond motifs is 1. The van der Waals surface area contributed by atoms with Crippen molar-refractivity contribution in [3.8, 4) is 0 Å². The topological polar surface area (TPSA) is 30.7 Å². The van der Waals surface area contributed by atoms with Crippen LogP contribution in [0.5, 0.6) is 0 Å². The maximum absolute atomic E-state index is 5.88. The molecule has 0 aliphatic rings. The van der Waals surface area contributed by atoms with Crippen molar-refractivity contribution in [3.05, 3.63) is 24.3 Å². The average Bonchev–Trinajstić information content (AvgIpc) is 2.47. The molecule has 60 valence electrons. The van der Waals surface area contributed by atoms with Crippen LogP contribution in [0.25, 0.3) is 11.0 Å². The van der Waals surface area contributed by atoms with E-state index in [1.165, 1.54) is 0 Å². The number of hydrogen-bond donors (Lipinski definition) is 0. The highest BCUT2D eigenvalue weighted by Gasteiger charge is 2.10. The Labute approximate surface area is 75.3 Å². The molecule has 0 amide bonds. The Morgan fingerprint density at radius 1 is 1.42 bits per heavy atom. The van der Waals surface area contributed by atoms with Gasteiger partial charge in [-0.05, 0) is 19.0 Å². The van der Waals surface area contributed by atoms with Crippen LogP contribution in [-0.4, -0.2) is 21.2 Å². The van der Waals surface area contributed by atoms with Crippen molar-refractivity contribution in [2.24, 2.45) is 0 Å². The molecule has 3 nitrogen and oxygen atoms in total. The standard InChI is InChI=1S/C7H7BClN3/c1-8(9)12-7-5-3-2-4-6(7)10-11-12/h2-5H,1H3. The molecule has 0 N–H and O–H groups in total. The molecule has 0 saturated heterocycles. The normalized spacial score (nSPS) is 10.5. The van der Waals surface area contributed by atoms with E-state index in [1.54, 1.807) is 4.59 Å². The second-order valence-corrected chi connectivity index (χ2v) is 3.23. The Hall–Kier alpha value is -1.03. The zero-order chi connectivity index (χ0) is 8.55. The number of aromatic nitrogens is 3. The molecule has 2 aromatic rings. The van der Waals surface area contributed by atoms with Gasteiger partial charge in [-0.15, -0.1) is 5.10 Å². The first-order valence-electron chi connectivity index (χ1n) is 3.73. The van der Waals surface area contributed by atoms with E-state index in [4.69, 9.17) is 11.5 Å². The predicted molar refractivity (Wildman–Crippen MR) is 50.4 cm³/mol. The van der Waals surface area contributed by atoms with Gasteiger partial charge in [-0.2, -0.15) is 11.5 Å². The van der Waals surface area contributed by atoms with Gasteiger partial charge in [0.25, 0.3) is 0 Å². The molecule has 0 aliphatic carbocycles. The van der Waals surface area contributed by atoms with E-state index in [-0.39, 0.29) is 6.26 Å². The maximum atomic E-state index is 5.88. The molecule has 12 heavy (non-hydrogen) atoms. The Kier molecular flexibility index (Phi) is 1.77. The third kappa shape index (κ3) is 1.08. The first-order chi connectivity index (χ1) is 5.79. The zero-order valence-electron chi connectivity index (χ0n) is 6.61. The molecular formula is C7H7BClN3. The predicted octanol–water partition coefficient (Wildman–Crippen LogP) is 1.64. The monoisotopic (exact) mass is 179 g/mol. The third-order valence-electron chi connectivity index (χ3n) is 1.71. The Balaban J connectivity index is 2.70. The number of halogens is 1. The lowest BCUT2D eigenvalue weighted by molar-refractivity contribution is 0.885. The third-order valence-corrected chi connectivity index (χ3v) is 1.90. The van der Waals surface area contributed by atoms with Crippen LogP contribution in [0.2, 0.25) is 6.82 Å². The molecule has 0 fully saturated rings. The summed E-state index contributed by atoms with van der Waals surface area (Å²) in [6.07, 6.45) is -0.155. The van der Waals surface area contributed by atoms with Crippen molar-refractivity contribution >= 4 is 28.8 Å². The lowest BCUT2D eigenvalue weighted by atomic mass is 9.98. The number of benzene rings is 1. The lowest BCUT2D eigenvalue weighted by Crippen LogP contribution is -2.14. The summed E-state index contributed by atoms with van der Waals surface area (Å²) in [5, 5.41) is 7.90. The molecule has 2 rings (SSSR count). The molecule has 0 unspecified atom stereocenters. The molecule has 1 aromatic carbocycles. The molecule has 0 atom stereocenters. The van der Waals surface area contributed by atoms with Crippen LogP contribution in [-0.2, 0) is 0 Å². The first kappa shape index (κ1) is 7.62. The molecule has 0 radical (unpaired) electrons. The van der Waals surface area contributed by atoms with Gasteiger partial charge in [0, 0.05) is 0 Å². The van der Waals surface area contributed by atoms with Gasteiger partial charge in [0.2, 0.25) is 0 Å². The van der Waals surface area contributed by atoms with E-state index in [9.17, 15) is 0 Å². The second-order valence-electron chi connectivity index (χ2n) is 2.60. The molecule has 5 heteroatoms. The smallest absolute Gasteiger partial charge is 0.272 e. The molecule has 0 aliphatic heterocycles. The summed E-state index contributed by atoms with van der Waals surface area (Å²) in [4.78, 5) is 0. The van der Waals surface area contributed by atoms with Crippen LogP contribution in [0.4, 0.5) is 0 Å². The van der Waals surface area contributed by atoms with E-state index in [0.717, 1.165) is 11.0 Å². The van der Waals surface area contributed by atoms with Crippen molar-refractivity contribution in [2.75, 3.05) is 0 Å². The van der Waals surface area contributed by atoms with Crippen LogP contribution in [0.15, 0.2) is 24.3 Å². The lowest BCUT2D eigenvalue weighted by Gasteiger charge is -1.98. The molecular weight excluding hydrogens is 172 g/mol. The Morgan fingerprint density at radius 3 is 2.92 bits per heavy atom. The number of hydrogen-bond acceptors (Lipinski definition) is 2. The van der Waals surface area contributed by atoms with Crippen LogP contribution in [0.3, 0.4) is 0 Å². The summed E-state index contributed by atoms with van der Waals surface area (Å²) in [5.74, 6) is 0. The van der Waals surface area contributed by atoms with Gasteiger partial charge < -0.3 is 0 Å². The van der Waals surface area contributed by atoms with Crippen LogP contribution >= 0.6 is 11.5 Å². The molecule has 1 aromatic heterocycles. The molecule has 0 saturated carbocycles. The highest BCUT2D eigenvalue weighted by atomic mass is 35.5. The van der Waals surface area contributed by atoms with E-state index >= 15 is 0 Å². The summed E-state index contributed by atoms with van der Waals surface area (Å²) in [7, 11) is 0. The first-order valence-corrected chi connectivity index (χ1v) is 4.16. The van der Waals surface area contributed by atoms with Gasteiger partial charge in [0.15, 0.2) is 0 Å². The van der Waals surface area contributed by atoms with E-state index in [1.807, 2.05) is 31.1 Å². The quantitative estimate of drug-likeness (QED) is 0.623. The van der Waals surface area contributed by atoms with Gasteiger partial charge >= 0.3 is 6.26 Å². The fourth-order valence-corrected chi connectivity index (χ4v) is 1.29. The minimum Gasteiger partial charge on any atom is -0.272 e. The van der Waals surface area contributed by atoms with E-state index in [2.05, 4.69) is 10.3 Å². The fraction of sp³-hybridized carbons (Fsp3) is 0.143. The van der Waals surface area contributed by atoms with E-state index in [0.29, 0.717) is 0 Å². The highest BCUT2D eigenvalue weighted by Crippen LogP contribution is 2.10. The van der Waals surface area contributed by atoms with Crippen molar-refractivity contribution in [3.63, 3.8) is 0 Å². The van der Waals surface area contributed by atoms with Crippen molar-refractivity contribution < 1.29 is 0 Å². The van der Waals surface area contributed by atoms with Gasteiger partial charge in [-0.3, -0.25) is 4.59 Å². The summed E-state index contributed by atoms with van der Waals surface area (Å²) in [5.41, 5.74) is 1.85. The van der Waals surface area contributed by atoms with Gasteiger partial charge in [0.1, 0.15) is 5.52 Å². The zero-order valence-corrected chi connectivity index (χ0v) is 7.36. The summed E-state index contributed by atoms with van der Waals surface area (Å²) >= 11 is 5.88. The Morgan fingerprint density at radius 2 is 2.17 bits per heavy atom.